The van der Waals surface area contributed by atoms with Gasteiger partial charge in [0.25, 0.3) is 0 Å². The monoisotopic (exact) mass is 440 g/mol. The van der Waals surface area contributed by atoms with Crippen molar-refractivity contribution in [2.24, 2.45) is 0 Å². The molecule has 0 aliphatic carbocycles. The van der Waals surface area contributed by atoms with E-state index in [0.29, 0.717) is 40.1 Å². The Bertz CT molecular complexity index is 1150. The van der Waals surface area contributed by atoms with Crippen molar-refractivity contribution in [3.05, 3.63) is 71.3 Å². The summed E-state index contributed by atoms with van der Waals surface area (Å²) in [6.45, 7) is 1.94. The van der Waals surface area contributed by atoms with Crippen molar-refractivity contribution in [1.29, 1.82) is 0 Å². The summed E-state index contributed by atoms with van der Waals surface area (Å²) < 4.78 is 29.2. The van der Waals surface area contributed by atoms with Gasteiger partial charge in [0.2, 0.25) is 0 Å². The molecule has 0 spiro atoms. The highest BCUT2D eigenvalue weighted by Crippen LogP contribution is 2.25. The molecule has 3 rings (SSSR count). The van der Waals surface area contributed by atoms with Crippen LogP contribution in [0.25, 0.3) is 10.9 Å². The summed E-state index contributed by atoms with van der Waals surface area (Å²) in [4.78, 5) is 27.7. The molecule has 0 radical (unpaired) electrons. The third-order valence-corrected chi connectivity index (χ3v) is 4.96. The fourth-order valence-electron chi connectivity index (χ4n) is 3.34. The number of fused-ring (bicyclic) bond motifs is 1. The van der Waals surface area contributed by atoms with Gasteiger partial charge in [-0.05, 0) is 55.7 Å². The minimum Gasteiger partial charge on any atom is -0.497 e. The number of halogens is 1. The maximum Gasteiger partial charge on any atom is 0.338 e. The zero-order chi connectivity index (χ0) is 23.1. The number of anilines is 1. The van der Waals surface area contributed by atoms with Gasteiger partial charge in [0.15, 0.2) is 0 Å². The van der Waals surface area contributed by atoms with E-state index in [1.165, 1.54) is 32.6 Å². The lowest BCUT2D eigenvalue weighted by Crippen LogP contribution is -2.12. The fraction of sp³-hybridized carbons (Fsp3) is 0.250. The van der Waals surface area contributed by atoms with Crippen LogP contribution in [0.1, 0.15) is 29.3 Å². The van der Waals surface area contributed by atoms with Gasteiger partial charge in [0.1, 0.15) is 11.6 Å². The third-order valence-electron chi connectivity index (χ3n) is 4.96. The molecule has 1 heterocycles. The molecule has 0 bridgehead atoms. The van der Waals surface area contributed by atoms with Gasteiger partial charge in [-0.2, -0.15) is 0 Å². The Hall–Kier alpha value is -3.81. The van der Waals surface area contributed by atoms with Crippen LogP contribution in [0.4, 0.5) is 10.1 Å². The van der Waals surface area contributed by atoms with Gasteiger partial charge in [-0.25, -0.2) is 14.0 Å². The zero-order valence-corrected chi connectivity index (χ0v) is 18.2. The third kappa shape index (κ3) is 5.26. The number of hydrogen-bond acceptors (Lipinski definition) is 6. The van der Waals surface area contributed by atoms with Crippen molar-refractivity contribution in [2.45, 2.75) is 19.8 Å². The standard InChI is InChI=1S/C24H25FN2O5/c1-4-32-23(28)16(14-27-22-12-17(25)11-21-19(22)9-10-26-21)6-5-15-7-8-18(30-2)13-20(15)24(29)31-3/h7-14,26-27H,4-6H2,1-3H3. The second-order valence-corrected chi connectivity index (χ2v) is 6.94. The van der Waals surface area contributed by atoms with Crippen LogP contribution >= 0.6 is 0 Å². The second-order valence-electron chi connectivity index (χ2n) is 6.94. The first-order valence-electron chi connectivity index (χ1n) is 10.1. The normalized spacial score (nSPS) is 11.3. The Kier molecular flexibility index (Phi) is 7.49. The molecule has 0 unspecified atom stereocenters. The van der Waals surface area contributed by atoms with E-state index in [1.54, 1.807) is 31.3 Å². The average molecular weight is 440 g/mol. The number of carbonyl (C=O) groups is 2. The number of aryl methyl sites for hydroxylation is 1. The van der Waals surface area contributed by atoms with E-state index in [9.17, 15) is 14.0 Å². The van der Waals surface area contributed by atoms with E-state index >= 15 is 0 Å². The molecule has 0 amide bonds. The minimum atomic E-state index is -0.492. The number of ether oxygens (including phenoxy) is 3. The predicted octanol–water partition coefficient (Wildman–Crippen LogP) is 4.59. The molecular formula is C24H25FN2O5. The van der Waals surface area contributed by atoms with Gasteiger partial charge in [0.05, 0.1) is 43.2 Å². The van der Waals surface area contributed by atoms with E-state index in [1.807, 2.05) is 6.07 Å². The Labute approximate surface area is 185 Å². The van der Waals surface area contributed by atoms with Gasteiger partial charge >= 0.3 is 11.9 Å². The van der Waals surface area contributed by atoms with E-state index in [-0.39, 0.29) is 13.0 Å². The number of benzene rings is 2. The number of rotatable bonds is 9. The Morgan fingerprint density at radius 1 is 1.16 bits per heavy atom. The van der Waals surface area contributed by atoms with Crippen LogP contribution in [0.3, 0.4) is 0 Å². The second kappa shape index (κ2) is 10.5. The van der Waals surface area contributed by atoms with Crippen LogP contribution < -0.4 is 10.1 Å². The smallest absolute Gasteiger partial charge is 0.338 e. The van der Waals surface area contributed by atoms with Gasteiger partial charge in [-0.1, -0.05) is 6.07 Å². The lowest BCUT2D eigenvalue weighted by Gasteiger charge is -2.12. The highest BCUT2D eigenvalue weighted by molar-refractivity contribution is 5.94. The number of carbonyl (C=O) groups excluding carboxylic acids is 2. The highest BCUT2D eigenvalue weighted by atomic mass is 19.1. The molecule has 8 heteroatoms. The Balaban J connectivity index is 1.86. The molecule has 0 aliphatic heterocycles. The fourth-order valence-corrected chi connectivity index (χ4v) is 3.34. The predicted molar refractivity (Wildman–Crippen MR) is 119 cm³/mol. The number of nitrogens with one attached hydrogen (secondary N) is 2. The Morgan fingerprint density at radius 3 is 2.69 bits per heavy atom. The molecule has 1 aromatic heterocycles. The molecule has 168 valence electrons. The lowest BCUT2D eigenvalue weighted by molar-refractivity contribution is -0.138. The van der Waals surface area contributed by atoms with Crippen molar-refractivity contribution in [1.82, 2.24) is 4.98 Å². The minimum absolute atomic E-state index is 0.216. The molecule has 0 aliphatic rings. The molecule has 7 nitrogen and oxygen atoms in total. The van der Waals surface area contributed by atoms with Crippen molar-refractivity contribution in [3.63, 3.8) is 0 Å². The molecule has 0 atom stereocenters. The number of aromatic amines is 1. The van der Waals surface area contributed by atoms with Crippen molar-refractivity contribution >= 4 is 28.5 Å². The number of methoxy groups -OCH3 is 2. The van der Waals surface area contributed by atoms with Crippen LogP contribution in [0, 0.1) is 5.82 Å². The molecule has 2 N–H and O–H groups in total. The molecule has 3 aromatic rings. The van der Waals surface area contributed by atoms with Crippen molar-refractivity contribution in [3.8, 4) is 5.75 Å². The Morgan fingerprint density at radius 2 is 1.97 bits per heavy atom. The molecule has 2 aromatic carbocycles. The lowest BCUT2D eigenvalue weighted by atomic mass is 9.99. The van der Waals surface area contributed by atoms with Gasteiger partial charge < -0.3 is 24.5 Å². The summed E-state index contributed by atoms with van der Waals surface area (Å²) in [6, 6.07) is 9.67. The first-order valence-corrected chi connectivity index (χ1v) is 10.1. The van der Waals surface area contributed by atoms with E-state index in [2.05, 4.69) is 10.3 Å². The first-order chi connectivity index (χ1) is 15.5. The largest absolute Gasteiger partial charge is 0.497 e. The zero-order valence-electron chi connectivity index (χ0n) is 18.2. The van der Waals surface area contributed by atoms with Crippen LogP contribution in [0.15, 0.2) is 54.4 Å². The summed E-state index contributed by atoms with van der Waals surface area (Å²) in [5, 5.41) is 3.81. The summed E-state index contributed by atoms with van der Waals surface area (Å²) in [6.07, 6.45) is 3.89. The summed E-state index contributed by atoms with van der Waals surface area (Å²) in [7, 11) is 2.82. The maximum atomic E-state index is 13.9. The molecule has 32 heavy (non-hydrogen) atoms. The molecule has 0 saturated heterocycles. The van der Waals surface area contributed by atoms with Crippen molar-refractivity contribution in [2.75, 3.05) is 26.1 Å². The first kappa shape index (κ1) is 22.9. The summed E-state index contributed by atoms with van der Waals surface area (Å²) in [5.74, 6) is -0.865. The summed E-state index contributed by atoms with van der Waals surface area (Å²) >= 11 is 0. The molecular weight excluding hydrogens is 415 g/mol. The van der Waals surface area contributed by atoms with Gasteiger partial charge in [-0.15, -0.1) is 0 Å². The number of aromatic nitrogens is 1. The number of hydrogen-bond donors (Lipinski definition) is 2. The van der Waals surface area contributed by atoms with Crippen LogP contribution in [0.2, 0.25) is 0 Å². The van der Waals surface area contributed by atoms with Crippen LogP contribution in [0.5, 0.6) is 5.75 Å². The topological polar surface area (TPSA) is 89.6 Å². The van der Waals surface area contributed by atoms with Crippen LogP contribution in [-0.4, -0.2) is 37.7 Å². The number of H-pyrrole nitrogens is 1. The van der Waals surface area contributed by atoms with Crippen molar-refractivity contribution < 1.29 is 28.2 Å². The van der Waals surface area contributed by atoms with E-state index < -0.39 is 17.8 Å². The maximum absolute atomic E-state index is 13.9. The van der Waals surface area contributed by atoms with E-state index in [0.717, 1.165) is 5.39 Å². The van der Waals surface area contributed by atoms with Gasteiger partial charge in [-0.3, -0.25) is 0 Å². The van der Waals surface area contributed by atoms with Crippen LogP contribution in [-0.2, 0) is 20.7 Å². The average Bonchev–Trinajstić information content (AvgIpc) is 3.27. The molecule has 0 fully saturated rings. The highest BCUT2D eigenvalue weighted by Gasteiger charge is 2.17. The van der Waals surface area contributed by atoms with Gasteiger partial charge in [0, 0.05) is 17.8 Å². The summed E-state index contributed by atoms with van der Waals surface area (Å²) in [5.41, 5.74) is 2.57. The molecule has 0 saturated carbocycles. The number of esters is 2. The quantitative estimate of drug-likeness (QED) is 0.374. The van der Waals surface area contributed by atoms with E-state index in [4.69, 9.17) is 14.2 Å². The SMILES string of the molecule is CCOC(=O)C(=CNc1cc(F)cc2[nH]ccc12)CCc1ccc(OC)cc1C(=O)OC.